The second kappa shape index (κ2) is 11.2. The number of rotatable bonds is 8. The van der Waals surface area contributed by atoms with E-state index < -0.39 is 13.2 Å². The summed E-state index contributed by atoms with van der Waals surface area (Å²) in [5.74, 6) is -0.747. The monoisotopic (exact) mass is 516 g/mol. The van der Waals surface area contributed by atoms with Gasteiger partial charge < -0.3 is 14.7 Å². The minimum Gasteiger partial charge on any atom is -0.378 e. The number of nitrogens with one attached hydrogen (secondary N) is 1. The SMILES string of the molecule is CN(C)c1ccc(P(=O)(OC2CCCCC2)C(Nc2ccccc2)c2c(Cl)cccc2Cl)cc1. The Balaban J connectivity index is 1.86. The zero-order chi connectivity index (χ0) is 24.1. The Kier molecular flexibility index (Phi) is 8.26. The standard InChI is InChI=1S/C27H31Cl2N2O2P/c1-31(2)21-16-18-23(19-17-21)34(32,33-22-12-7-4-8-13-22)27(30-20-10-5-3-6-11-20)26-24(28)14-9-15-25(26)29/h3,5-6,9-11,14-19,22,27,30H,4,7-8,12-13H2,1-2H3. The average Bonchev–Trinajstić information content (AvgIpc) is 2.84. The fourth-order valence-electron chi connectivity index (χ4n) is 4.41. The first-order valence-corrected chi connectivity index (χ1v) is 14.1. The number of nitrogens with zero attached hydrogens (tertiary/aromatic N) is 1. The van der Waals surface area contributed by atoms with Crippen molar-refractivity contribution in [2.24, 2.45) is 0 Å². The van der Waals surface area contributed by atoms with Crippen LogP contribution in [-0.2, 0) is 9.09 Å². The van der Waals surface area contributed by atoms with Crippen LogP contribution in [0.4, 0.5) is 11.4 Å². The van der Waals surface area contributed by atoms with Crippen molar-refractivity contribution in [3.63, 3.8) is 0 Å². The van der Waals surface area contributed by atoms with Gasteiger partial charge in [0.1, 0.15) is 5.78 Å². The summed E-state index contributed by atoms with van der Waals surface area (Å²) in [6.07, 6.45) is 5.06. The molecule has 0 bridgehead atoms. The van der Waals surface area contributed by atoms with Gasteiger partial charge in [-0.2, -0.15) is 0 Å². The van der Waals surface area contributed by atoms with E-state index >= 15 is 4.57 Å². The predicted molar refractivity (Wildman–Crippen MR) is 145 cm³/mol. The maximum Gasteiger partial charge on any atom is 0.258 e. The van der Waals surface area contributed by atoms with Crippen LogP contribution in [-0.4, -0.2) is 20.2 Å². The maximum atomic E-state index is 15.2. The molecule has 180 valence electrons. The summed E-state index contributed by atoms with van der Waals surface area (Å²) in [5, 5.41) is 5.04. The Morgan fingerprint density at radius 2 is 1.50 bits per heavy atom. The lowest BCUT2D eigenvalue weighted by molar-refractivity contribution is 0.159. The minimum absolute atomic E-state index is 0.0746. The van der Waals surface area contributed by atoms with Crippen molar-refractivity contribution in [1.29, 1.82) is 0 Å². The van der Waals surface area contributed by atoms with Gasteiger partial charge in [0.05, 0.1) is 6.10 Å². The van der Waals surface area contributed by atoms with Gasteiger partial charge in [-0.25, -0.2) is 0 Å². The molecule has 1 aliphatic rings. The molecular weight excluding hydrogens is 486 g/mol. The molecular formula is C27H31Cl2N2O2P. The van der Waals surface area contributed by atoms with E-state index in [0.29, 0.717) is 20.9 Å². The Morgan fingerprint density at radius 3 is 2.09 bits per heavy atom. The molecule has 2 unspecified atom stereocenters. The third-order valence-electron chi connectivity index (χ3n) is 6.27. The molecule has 3 aromatic carbocycles. The van der Waals surface area contributed by atoms with Gasteiger partial charge in [0.25, 0.3) is 7.37 Å². The van der Waals surface area contributed by atoms with E-state index in [1.54, 1.807) is 18.2 Å². The molecule has 0 aliphatic heterocycles. The number of anilines is 2. The molecule has 1 saturated carbocycles. The molecule has 0 radical (unpaired) electrons. The topological polar surface area (TPSA) is 41.6 Å². The lowest BCUT2D eigenvalue weighted by Gasteiger charge is -2.35. The third-order valence-corrected chi connectivity index (χ3v) is 9.63. The molecule has 2 atom stereocenters. The summed E-state index contributed by atoms with van der Waals surface area (Å²) in [7, 11) is 0.425. The van der Waals surface area contributed by atoms with Crippen LogP contribution in [0.2, 0.25) is 10.0 Å². The van der Waals surface area contributed by atoms with E-state index in [4.69, 9.17) is 27.7 Å². The fraction of sp³-hybridized carbons (Fsp3) is 0.333. The van der Waals surface area contributed by atoms with Gasteiger partial charge in [-0.05, 0) is 61.4 Å². The van der Waals surface area contributed by atoms with Gasteiger partial charge in [-0.1, -0.05) is 66.7 Å². The molecule has 4 nitrogen and oxygen atoms in total. The quantitative estimate of drug-likeness (QED) is 0.307. The molecule has 3 aromatic rings. The second-order valence-electron chi connectivity index (χ2n) is 8.92. The summed E-state index contributed by atoms with van der Waals surface area (Å²) in [6, 6.07) is 22.8. The molecule has 0 aromatic heterocycles. The third kappa shape index (κ3) is 5.63. The predicted octanol–water partition coefficient (Wildman–Crippen LogP) is 8.12. The molecule has 1 aliphatic carbocycles. The Hall–Kier alpha value is -1.97. The number of hydrogen-bond donors (Lipinski definition) is 1. The van der Waals surface area contributed by atoms with E-state index in [9.17, 15) is 0 Å². The van der Waals surface area contributed by atoms with Gasteiger partial charge in [-0.15, -0.1) is 0 Å². The molecule has 7 heteroatoms. The summed E-state index contributed by atoms with van der Waals surface area (Å²) in [5.41, 5.74) is 2.43. The summed E-state index contributed by atoms with van der Waals surface area (Å²) >= 11 is 13.4. The van der Waals surface area contributed by atoms with Crippen LogP contribution in [0.25, 0.3) is 0 Å². The number of para-hydroxylation sites is 1. The van der Waals surface area contributed by atoms with Gasteiger partial charge in [-0.3, -0.25) is 4.57 Å². The first-order chi connectivity index (χ1) is 16.4. The van der Waals surface area contributed by atoms with E-state index in [2.05, 4.69) is 5.32 Å². The number of halogens is 2. The van der Waals surface area contributed by atoms with Crippen molar-refractivity contribution < 1.29 is 9.09 Å². The van der Waals surface area contributed by atoms with Gasteiger partial charge >= 0.3 is 0 Å². The van der Waals surface area contributed by atoms with E-state index in [-0.39, 0.29) is 6.10 Å². The fourth-order valence-corrected chi connectivity index (χ4v) is 7.88. The molecule has 1 fully saturated rings. The van der Waals surface area contributed by atoms with Crippen LogP contribution >= 0.6 is 30.6 Å². The smallest absolute Gasteiger partial charge is 0.258 e. The van der Waals surface area contributed by atoms with Crippen molar-refractivity contribution in [1.82, 2.24) is 0 Å². The van der Waals surface area contributed by atoms with Crippen molar-refractivity contribution in [3.05, 3.63) is 88.4 Å². The van der Waals surface area contributed by atoms with E-state index in [1.165, 1.54) is 6.42 Å². The van der Waals surface area contributed by atoms with Crippen LogP contribution in [0, 0.1) is 0 Å². The highest BCUT2D eigenvalue weighted by atomic mass is 35.5. The molecule has 0 amide bonds. The second-order valence-corrected chi connectivity index (χ2v) is 12.2. The zero-order valence-corrected chi connectivity index (χ0v) is 22.0. The normalized spacial score (nSPS) is 17.1. The molecule has 34 heavy (non-hydrogen) atoms. The van der Waals surface area contributed by atoms with Crippen molar-refractivity contribution in [2.75, 3.05) is 24.3 Å². The van der Waals surface area contributed by atoms with Crippen molar-refractivity contribution >= 4 is 47.3 Å². The van der Waals surface area contributed by atoms with E-state index in [1.807, 2.05) is 73.6 Å². The Bertz CT molecular complexity index is 1110. The lowest BCUT2D eigenvalue weighted by Crippen LogP contribution is -2.26. The van der Waals surface area contributed by atoms with Crippen molar-refractivity contribution in [2.45, 2.75) is 44.0 Å². The molecule has 4 rings (SSSR count). The van der Waals surface area contributed by atoms with Crippen molar-refractivity contribution in [3.8, 4) is 0 Å². The Morgan fingerprint density at radius 1 is 0.882 bits per heavy atom. The number of benzene rings is 3. The van der Waals surface area contributed by atoms with Crippen LogP contribution < -0.4 is 15.5 Å². The molecule has 0 heterocycles. The minimum atomic E-state index is -3.54. The average molecular weight is 517 g/mol. The van der Waals surface area contributed by atoms with Gasteiger partial charge in [0, 0.05) is 46.4 Å². The first kappa shape index (κ1) is 25.1. The highest BCUT2D eigenvalue weighted by Crippen LogP contribution is 2.62. The van der Waals surface area contributed by atoms with Gasteiger partial charge in [0.2, 0.25) is 0 Å². The lowest BCUT2D eigenvalue weighted by atomic mass is 9.98. The highest BCUT2D eigenvalue weighted by Gasteiger charge is 2.42. The largest absolute Gasteiger partial charge is 0.378 e. The molecule has 0 saturated heterocycles. The van der Waals surface area contributed by atoms with Crippen LogP contribution in [0.15, 0.2) is 72.8 Å². The number of hydrogen-bond acceptors (Lipinski definition) is 4. The van der Waals surface area contributed by atoms with Crippen LogP contribution in [0.3, 0.4) is 0 Å². The van der Waals surface area contributed by atoms with Crippen LogP contribution in [0.5, 0.6) is 0 Å². The van der Waals surface area contributed by atoms with E-state index in [0.717, 1.165) is 37.1 Å². The highest BCUT2D eigenvalue weighted by molar-refractivity contribution is 7.67. The summed E-state index contributed by atoms with van der Waals surface area (Å²) in [6.45, 7) is 0. The molecule has 0 spiro atoms. The van der Waals surface area contributed by atoms with Crippen LogP contribution in [0.1, 0.15) is 43.5 Å². The molecule has 1 N–H and O–H groups in total. The summed E-state index contributed by atoms with van der Waals surface area (Å²) < 4.78 is 21.8. The first-order valence-electron chi connectivity index (χ1n) is 11.7. The Labute approximate surface area is 212 Å². The zero-order valence-electron chi connectivity index (χ0n) is 19.6. The van der Waals surface area contributed by atoms with Gasteiger partial charge in [0.15, 0.2) is 0 Å². The maximum absolute atomic E-state index is 15.2. The summed E-state index contributed by atoms with van der Waals surface area (Å²) in [4.78, 5) is 2.02.